The zero-order chi connectivity index (χ0) is 15.2. The van der Waals surface area contributed by atoms with E-state index in [4.69, 9.17) is 11.6 Å². The van der Waals surface area contributed by atoms with Crippen molar-refractivity contribution in [2.75, 3.05) is 6.54 Å². The molecule has 0 aliphatic heterocycles. The van der Waals surface area contributed by atoms with Gasteiger partial charge in [0.1, 0.15) is 11.6 Å². The molecule has 1 aromatic heterocycles. The molecule has 0 fully saturated rings. The van der Waals surface area contributed by atoms with Gasteiger partial charge in [0.15, 0.2) is 0 Å². The summed E-state index contributed by atoms with van der Waals surface area (Å²) in [6.07, 6.45) is 2.32. The lowest BCUT2D eigenvalue weighted by Crippen LogP contribution is -2.33. The Balaban J connectivity index is 2.08. The smallest absolute Gasteiger partial charge is 0.129 e. The highest BCUT2D eigenvalue weighted by Crippen LogP contribution is 2.23. The molecule has 2 aromatic rings. The van der Waals surface area contributed by atoms with Gasteiger partial charge in [-0.1, -0.05) is 24.6 Å². The molecule has 0 saturated heterocycles. The van der Waals surface area contributed by atoms with E-state index >= 15 is 0 Å². The predicted octanol–water partition coefficient (Wildman–Crippen LogP) is 4.83. The quantitative estimate of drug-likeness (QED) is 0.767. The third kappa shape index (κ3) is 5.06. The monoisotopic (exact) mass is 329 g/mol. The Morgan fingerprint density at radius 1 is 1.19 bits per heavy atom. The first-order valence-electron chi connectivity index (χ1n) is 7.00. The Morgan fingerprint density at radius 3 is 2.62 bits per heavy atom. The van der Waals surface area contributed by atoms with Crippen molar-refractivity contribution in [2.24, 2.45) is 0 Å². The van der Waals surface area contributed by atoms with Crippen LogP contribution in [0.25, 0.3) is 0 Å². The highest BCUT2D eigenvalue weighted by atomic mass is 35.5. The van der Waals surface area contributed by atoms with E-state index in [0.717, 1.165) is 34.7 Å². The maximum atomic E-state index is 13.8. The van der Waals surface area contributed by atoms with Crippen LogP contribution in [0.3, 0.4) is 0 Å². The predicted molar refractivity (Wildman–Crippen MR) is 85.2 cm³/mol. The summed E-state index contributed by atoms with van der Waals surface area (Å²) < 4.78 is 27.5. The van der Waals surface area contributed by atoms with Gasteiger partial charge in [0, 0.05) is 17.0 Å². The first kappa shape index (κ1) is 16.4. The fraction of sp³-hybridized carbons (Fsp3) is 0.375. The molecule has 1 N–H and O–H groups in total. The maximum absolute atomic E-state index is 13.8. The van der Waals surface area contributed by atoms with Crippen LogP contribution in [0.1, 0.15) is 23.8 Å². The molecule has 0 bridgehead atoms. The van der Waals surface area contributed by atoms with Gasteiger partial charge in [0.05, 0.1) is 4.34 Å². The fourth-order valence-corrected chi connectivity index (χ4v) is 3.39. The summed E-state index contributed by atoms with van der Waals surface area (Å²) in [7, 11) is 0. The lowest BCUT2D eigenvalue weighted by molar-refractivity contribution is 0.491. The normalized spacial score (nSPS) is 12.6. The number of hydrogen-bond donors (Lipinski definition) is 1. The molecule has 0 saturated carbocycles. The molecule has 21 heavy (non-hydrogen) atoms. The summed E-state index contributed by atoms with van der Waals surface area (Å²) in [5.41, 5.74) is 0.535. The van der Waals surface area contributed by atoms with E-state index in [9.17, 15) is 8.78 Å². The minimum Gasteiger partial charge on any atom is -0.313 e. The van der Waals surface area contributed by atoms with Gasteiger partial charge in [0.25, 0.3) is 0 Å². The van der Waals surface area contributed by atoms with Gasteiger partial charge >= 0.3 is 0 Å². The van der Waals surface area contributed by atoms with Crippen molar-refractivity contribution >= 4 is 22.9 Å². The second-order valence-corrected chi connectivity index (χ2v) is 6.80. The largest absolute Gasteiger partial charge is 0.313 e. The van der Waals surface area contributed by atoms with Crippen LogP contribution < -0.4 is 5.32 Å². The summed E-state index contributed by atoms with van der Waals surface area (Å²) >= 11 is 7.49. The second-order valence-electron chi connectivity index (χ2n) is 5.00. The fourth-order valence-electron chi connectivity index (χ4n) is 2.22. The van der Waals surface area contributed by atoms with Gasteiger partial charge < -0.3 is 5.32 Å². The van der Waals surface area contributed by atoms with Crippen LogP contribution in [0, 0.1) is 11.6 Å². The summed E-state index contributed by atoms with van der Waals surface area (Å²) in [5, 5.41) is 3.42. The molecular weight excluding hydrogens is 312 g/mol. The Hall–Kier alpha value is -0.970. The molecule has 1 nitrogen and oxygen atoms in total. The van der Waals surface area contributed by atoms with Gasteiger partial charge in [-0.25, -0.2) is 8.78 Å². The van der Waals surface area contributed by atoms with Gasteiger partial charge in [-0.05, 0) is 49.6 Å². The van der Waals surface area contributed by atoms with Crippen molar-refractivity contribution in [3.05, 3.63) is 56.7 Å². The molecule has 114 valence electrons. The van der Waals surface area contributed by atoms with Gasteiger partial charge in [-0.3, -0.25) is 0 Å². The van der Waals surface area contributed by atoms with Crippen molar-refractivity contribution in [3.8, 4) is 0 Å². The highest BCUT2D eigenvalue weighted by Gasteiger charge is 2.14. The van der Waals surface area contributed by atoms with E-state index < -0.39 is 11.6 Å². The van der Waals surface area contributed by atoms with Gasteiger partial charge in [-0.2, -0.15) is 0 Å². The van der Waals surface area contributed by atoms with E-state index in [1.54, 1.807) is 0 Å². The summed E-state index contributed by atoms with van der Waals surface area (Å²) in [5.74, 6) is -1.03. The van der Waals surface area contributed by atoms with Crippen molar-refractivity contribution in [1.29, 1.82) is 0 Å². The third-order valence-corrected chi connectivity index (χ3v) is 4.49. The summed E-state index contributed by atoms with van der Waals surface area (Å²) in [6, 6.07) is 7.74. The highest BCUT2D eigenvalue weighted by molar-refractivity contribution is 7.16. The van der Waals surface area contributed by atoms with Crippen LogP contribution in [-0.4, -0.2) is 12.6 Å². The van der Waals surface area contributed by atoms with E-state index in [0.29, 0.717) is 12.0 Å². The Labute approximate surface area is 133 Å². The van der Waals surface area contributed by atoms with Crippen LogP contribution in [-0.2, 0) is 12.8 Å². The van der Waals surface area contributed by atoms with Crippen LogP contribution in [0.15, 0.2) is 30.3 Å². The van der Waals surface area contributed by atoms with Crippen LogP contribution in [0.4, 0.5) is 8.78 Å². The Kier molecular flexibility index (Phi) is 6.15. The standard InChI is InChI=1S/C16H18ClF2NS/c1-2-7-20-13(10-14-5-6-16(17)21-14)8-11-3-4-12(18)9-15(11)19/h3-6,9,13,20H,2,7-8,10H2,1H3. The molecule has 0 amide bonds. The molecule has 2 rings (SSSR count). The zero-order valence-electron chi connectivity index (χ0n) is 11.8. The second kappa shape index (κ2) is 7.87. The van der Waals surface area contributed by atoms with E-state index in [-0.39, 0.29) is 6.04 Å². The molecule has 0 aliphatic rings. The summed E-state index contributed by atoms with van der Waals surface area (Å²) in [6.45, 7) is 2.96. The van der Waals surface area contributed by atoms with Crippen molar-refractivity contribution < 1.29 is 8.78 Å². The van der Waals surface area contributed by atoms with Crippen molar-refractivity contribution in [2.45, 2.75) is 32.2 Å². The minimum atomic E-state index is -0.542. The van der Waals surface area contributed by atoms with Crippen LogP contribution in [0.2, 0.25) is 4.34 Å². The maximum Gasteiger partial charge on any atom is 0.129 e. The topological polar surface area (TPSA) is 12.0 Å². The van der Waals surface area contributed by atoms with Gasteiger partial charge in [-0.15, -0.1) is 11.3 Å². The molecule has 1 unspecified atom stereocenters. The van der Waals surface area contributed by atoms with Crippen molar-refractivity contribution in [3.63, 3.8) is 0 Å². The number of nitrogens with one attached hydrogen (secondary N) is 1. The average Bonchev–Trinajstić information content (AvgIpc) is 2.84. The first-order chi connectivity index (χ1) is 10.1. The zero-order valence-corrected chi connectivity index (χ0v) is 13.4. The molecule has 1 aromatic carbocycles. The summed E-state index contributed by atoms with van der Waals surface area (Å²) in [4.78, 5) is 1.16. The number of rotatable bonds is 7. The molecule has 1 heterocycles. The van der Waals surface area contributed by atoms with E-state index in [1.807, 2.05) is 12.1 Å². The number of hydrogen-bond acceptors (Lipinski definition) is 2. The first-order valence-corrected chi connectivity index (χ1v) is 8.19. The SMILES string of the molecule is CCCNC(Cc1ccc(Cl)s1)Cc1ccc(F)cc1F. The van der Waals surface area contributed by atoms with Crippen molar-refractivity contribution in [1.82, 2.24) is 5.32 Å². The third-order valence-electron chi connectivity index (χ3n) is 3.24. The molecule has 1 atom stereocenters. The molecule has 0 radical (unpaired) electrons. The average molecular weight is 330 g/mol. The lowest BCUT2D eigenvalue weighted by Gasteiger charge is -2.18. The molecular formula is C16H18ClF2NS. The van der Waals surface area contributed by atoms with Gasteiger partial charge in [0.2, 0.25) is 0 Å². The van der Waals surface area contributed by atoms with Crippen LogP contribution in [0.5, 0.6) is 0 Å². The van der Waals surface area contributed by atoms with E-state index in [1.165, 1.54) is 23.5 Å². The molecule has 0 spiro atoms. The number of benzene rings is 1. The molecule has 5 heteroatoms. The Bertz CT molecular complexity index is 585. The molecule has 0 aliphatic carbocycles. The van der Waals surface area contributed by atoms with E-state index in [2.05, 4.69) is 12.2 Å². The number of thiophene rings is 1. The lowest BCUT2D eigenvalue weighted by atomic mass is 10.0. The Morgan fingerprint density at radius 2 is 2.00 bits per heavy atom. The number of halogens is 3. The van der Waals surface area contributed by atoms with Crippen LogP contribution >= 0.6 is 22.9 Å². The minimum absolute atomic E-state index is 0.111.